The van der Waals surface area contributed by atoms with Crippen LogP contribution in [0.5, 0.6) is 5.75 Å². The summed E-state index contributed by atoms with van der Waals surface area (Å²) >= 11 is 2.17. The lowest BCUT2D eigenvalue weighted by Gasteiger charge is -2.58. The van der Waals surface area contributed by atoms with Crippen LogP contribution in [-0.4, -0.2) is 7.11 Å². The summed E-state index contributed by atoms with van der Waals surface area (Å²) in [4.78, 5) is 1.49. The maximum Gasteiger partial charge on any atom is 0.119 e. The first kappa shape index (κ1) is 17.2. The van der Waals surface area contributed by atoms with Crippen molar-refractivity contribution in [3.8, 4) is 5.75 Å². The second-order valence-corrected chi connectivity index (χ2v) is 12.1. The Balaban J connectivity index is 1.22. The molecule has 6 rings (SSSR count). The van der Waals surface area contributed by atoms with Crippen molar-refractivity contribution in [2.45, 2.75) is 80.8 Å². The molecule has 0 aromatic heterocycles. The number of rotatable bonds is 1. The Kier molecular flexibility index (Phi) is 3.79. The van der Waals surface area contributed by atoms with E-state index < -0.39 is 0 Å². The molecule has 7 atom stereocenters. The molecular formula is C25H34OS. The van der Waals surface area contributed by atoms with Gasteiger partial charge in [-0.05, 0) is 110 Å². The number of hydrogen-bond acceptors (Lipinski definition) is 2. The second kappa shape index (κ2) is 5.94. The van der Waals surface area contributed by atoms with Gasteiger partial charge in [0.25, 0.3) is 0 Å². The fourth-order valence-electron chi connectivity index (χ4n) is 8.50. The molecule has 0 bridgehead atoms. The van der Waals surface area contributed by atoms with Gasteiger partial charge in [0.1, 0.15) is 5.75 Å². The van der Waals surface area contributed by atoms with E-state index in [0.29, 0.717) is 10.2 Å². The van der Waals surface area contributed by atoms with Gasteiger partial charge in [-0.1, -0.05) is 19.4 Å². The third-order valence-electron chi connectivity index (χ3n) is 9.76. The number of methoxy groups -OCH3 is 1. The third kappa shape index (κ3) is 2.38. The Bertz CT molecular complexity index is 759. The summed E-state index contributed by atoms with van der Waals surface area (Å²) in [6, 6.07) is 6.82. The van der Waals surface area contributed by atoms with Crippen LogP contribution in [0.4, 0.5) is 0 Å². The Morgan fingerprint density at radius 3 is 2.70 bits per heavy atom. The first-order valence-corrected chi connectivity index (χ1v) is 12.3. The lowest BCUT2D eigenvalue weighted by atomic mass is 9.50. The lowest BCUT2D eigenvalue weighted by Crippen LogP contribution is -2.49. The highest BCUT2D eigenvalue weighted by molar-refractivity contribution is 8.01. The van der Waals surface area contributed by atoms with Crippen LogP contribution in [0.25, 0.3) is 0 Å². The fraction of sp³-hybridized carbons (Fsp3) is 0.760. The Hall–Kier alpha value is -0.630. The largest absolute Gasteiger partial charge is 0.497 e. The summed E-state index contributed by atoms with van der Waals surface area (Å²) in [6.07, 6.45) is 15.1. The topological polar surface area (TPSA) is 9.23 Å². The summed E-state index contributed by atoms with van der Waals surface area (Å²) in [5.41, 5.74) is 2.35. The van der Waals surface area contributed by atoms with E-state index >= 15 is 0 Å². The molecule has 1 nitrogen and oxygen atoms in total. The SMILES string of the molecule is COc1ccc2c(c1)SC21CC[C@H]2[C@@H](CC[C@@H]3[C@@H]2CC[C@]2(C)CCC[C@@H]32)C1. The molecule has 0 saturated heterocycles. The molecule has 0 N–H and O–H groups in total. The van der Waals surface area contributed by atoms with Crippen LogP contribution in [0.3, 0.4) is 0 Å². The van der Waals surface area contributed by atoms with Gasteiger partial charge in [-0.25, -0.2) is 0 Å². The smallest absolute Gasteiger partial charge is 0.119 e. The monoisotopic (exact) mass is 382 g/mol. The first-order chi connectivity index (χ1) is 13.1. The van der Waals surface area contributed by atoms with Crippen LogP contribution in [0.15, 0.2) is 23.1 Å². The molecule has 1 heterocycles. The van der Waals surface area contributed by atoms with Crippen molar-refractivity contribution in [1.82, 2.24) is 0 Å². The molecule has 1 unspecified atom stereocenters. The van der Waals surface area contributed by atoms with E-state index in [1.165, 1.54) is 49.8 Å². The van der Waals surface area contributed by atoms with Gasteiger partial charge >= 0.3 is 0 Å². The van der Waals surface area contributed by atoms with E-state index in [2.05, 4.69) is 36.9 Å². The van der Waals surface area contributed by atoms with Gasteiger partial charge in [-0.15, -0.1) is 11.8 Å². The number of thioether (sulfide) groups is 1. The van der Waals surface area contributed by atoms with Gasteiger partial charge in [0.15, 0.2) is 0 Å². The Morgan fingerprint density at radius 2 is 1.85 bits per heavy atom. The Morgan fingerprint density at radius 1 is 0.963 bits per heavy atom. The molecule has 27 heavy (non-hydrogen) atoms. The van der Waals surface area contributed by atoms with Gasteiger partial charge in [0, 0.05) is 9.64 Å². The summed E-state index contributed by atoms with van der Waals surface area (Å²) < 4.78 is 5.88. The van der Waals surface area contributed by atoms with E-state index in [4.69, 9.17) is 4.74 Å². The van der Waals surface area contributed by atoms with E-state index in [0.717, 1.165) is 35.3 Å². The number of fused-ring (bicyclic) bond motifs is 7. The minimum Gasteiger partial charge on any atom is -0.497 e. The van der Waals surface area contributed by atoms with E-state index in [-0.39, 0.29) is 0 Å². The minimum atomic E-state index is 0.451. The first-order valence-electron chi connectivity index (χ1n) is 11.5. The van der Waals surface area contributed by atoms with Crippen LogP contribution in [0, 0.1) is 35.0 Å². The van der Waals surface area contributed by atoms with Crippen molar-refractivity contribution in [1.29, 1.82) is 0 Å². The standard InChI is InChI=1S/C25H34OS/c1-24-11-3-4-21(24)20-7-5-16-15-25(13-10-18(16)19(20)9-12-24)22-8-6-17(26-2)14-23(22)27-25/h6,8,14,16,18-21H,3-5,7,9-13,15H2,1-2H3/t16-,18-,19+,20+,21-,24-,25?/m0/s1. The zero-order valence-corrected chi connectivity index (χ0v) is 17.8. The second-order valence-electron chi connectivity index (χ2n) is 10.7. The van der Waals surface area contributed by atoms with Gasteiger partial charge < -0.3 is 4.74 Å². The molecule has 146 valence electrons. The minimum absolute atomic E-state index is 0.451. The van der Waals surface area contributed by atoms with Crippen molar-refractivity contribution in [2.24, 2.45) is 35.0 Å². The molecule has 4 fully saturated rings. The molecule has 1 aliphatic heterocycles. The molecule has 0 amide bonds. The third-order valence-corrected chi connectivity index (χ3v) is 11.3. The number of ether oxygens (including phenoxy) is 1. The molecule has 5 aliphatic rings. The zero-order valence-electron chi connectivity index (χ0n) is 17.0. The molecule has 2 heteroatoms. The molecule has 4 saturated carbocycles. The van der Waals surface area contributed by atoms with E-state index in [9.17, 15) is 0 Å². The number of hydrogen-bond donors (Lipinski definition) is 0. The lowest BCUT2D eigenvalue weighted by molar-refractivity contribution is -0.0545. The van der Waals surface area contributed by atoms with Crippen molar-refractivity contribution in [2.75, 3.05) is 7.11 Å². The van der Waals surface area contributed by atoms with Gasteiger partial charge in [0.05, 0.1) is 7.11 Å². The normalized spacial score (nSPS) is 47.4. The highest BCUT2D eigenvalue weighted by Gasteiger charge is 2.57. The predicted molar refractivity (Wildman–Crippen MR) is 112 cm³/mol. The molecule has 4 aliphatic carbocycles. The van der Waals surface area contributed by atoms with Gasteiger partial charge in [0.2, 0.25) is 0 Å². The maximum absolute atomic E-state index is 5.43. The fourth-order valence-corrected chi connectivity index (χ4v) is 10.1. The van der Waals surface area contributed by atoms with Crippen molar-refractivity contribution in [3.63, 3.8) is 0 Å². The van der Waals surface area contributed by atoms with Gasteiger partial charge in [-0.3, -0.25) is 0 Å². The number of benzene rings is 1. The predicted octanol–water partition coefficient (Wildman–Crippen LogP) is 7.04. The quantitative estimate of drug-likeness (QED) is 0.515. The molecule has 1 aromatic rings. The highest BCUT2D eigenvalue weighted by Crippen LogP contribution is 2.68. The summed E-state index contributed by atoms with van der Waals surface area (Å²) in [5.74, 6) is 6.27. The van der Waals surface area contributed by atoms with Gasteiger partial charge in [-0.2, -0.15) is 0 Å². The molecule has 0 radical (unpaired) electrons. The van der Waals surface area contributed by atoms with Crippen molar-refractivity contribution < 1.29 is 4.74 Å². The maximum atomic E-state index is 5.43. The van der Waals surface area contributed by atoms with Crippen LogP contribution < -0.4 is 4.74 Å². The van der Waals surface area contributed by atoms with E-state index in [1.807, 2.05) is 0 Å². The van der Waals surface area contributed by atoms with E-state index in [1.54, 1.807) is 31.9 Å². The van der Waals surface area contributed by atoms with Crippen LogP contribution in [0.2, 0.25) is 0 Å². The zero-order chi connectivity index (χ0) is 18.2. The van der Waals surface area contributed by atoms with Crippen LogP contribution in [-0.2, 0) is 4.75 Å². The average molecular weight is 383 g/mol. The molecule has 1 spiro atoms. The summed E-state index contributed by atoms with van der Waals surface area (Å²) in [6.45, 7) is 2.64. The summed E-state index contributed by atoms with van der Waals surface area (Å²) in [5, 5.41) is 0. The van der Waals surface area contributed by atoms with Crippen molar-refractivity contribution >= 4 is 11.8 Å². The molecular weight excluding hydrogens is 348 g/mol. The van der Waals surface area contributed by atoms with Crippen molar-refractivity contribution in [3.05, 3.63) is 23.8 Å². The van der Waals surface area contributed by atoms with Crippen LogP contribution >= 0.6 is 11.8 Å². The Labute approximate surface area is 169 Å². The molecule has 1 aromatic carbocycles. The average Bonchev–Trinajstić information content (AvgIpc) is 3.08. The summed E-state index contributed by atoms with van der Waals surface area (Å²) in [7, 11) is 1.78. The van der Waals surface area contributed by atoms with Crippen LogP contribution in [0.1, 0.15) is 76.7 Å². The highest BCUT2D eigenvalue weighted by atomic mass is 32.2.